The molecule has 0 bridgehead atoms. The van der Waals surface area contributed by atoms with Gasteiger partial charge in [0.2, 0.25) is 0 Å². The van der Waals surface area contributed by atoms with E-state index in [1.54, 1.807) is 11.3 Å². The minimum atomic E-state index is -0.208. The molecule has 2 aromatic rings. The second kappa shape index (κ2) is 7.26. The average Bonchev–Trinajstić information content (AvgIpc) is 3.10. The monoisotopic (exact) mass is 389 g/mol. The molecular weight excluding hydrogens is 374 g/mol. The van der Waals surface area contributed by atoms with Gasteiger partial charge in [0, 0.05) is 41.1 Å². The molecule has 1 amide bonds. The van der Waals surface area contributed by atoms with Crippen molar-refractivity contribution in [3.05, 3.63) is 56.7 Å². The minimum Gasteiger partial charge on any atom is -0.336 e. The van der Waals surface area contributed by atoms with Gasteiger partial charge in [0.25, 0.3) is 5.91 Å². The van der Waals surface area contributed by atoms with Crippen molar-refractivity contribution < 1.29 is 4.79 Å². The number of nitriles is 1. The molecule has 0 N–H and O–H groups in total. The van der Waals surface area contributed by atoms with Crippen LogP contribution in [0.1, 0.15) is 21.3 Å². The van der Waals surface area contributed by atoms with Crippen LogP contribution in [0, 0.1) is 11.3 Å². The fraction of sp³-hybridized carbons (Fsp3) is 0.294. The Morgan fingerprint density at radius 3 is 2.43 bits per heavy atom. The van der Waals surface area contributed by atoms with Crippen molar-refractivity contribution in [2.24, 2.45) is 0 Å². The van der Waals surface area contributed by atoms with Gasteiger partial charge in [0.1, 0.15) is 6.04 Å². The zero-order chi connectivity index (χ0) is 16.2. The number of hydrogen-bond acceptors (Lipinski definition) is 4. The third-order valence-electron chi connectivity index (χ3n) is 3.99. The highest BCUT2D eigenvalue weighted by Gasteiger charge is 2.27. The third kappa shape index (κ3) is 3.63. The maximum absolute atomic E-state index is 12.5. The zero-order valence-corrected chi connectivity index (χ0v) is 14.9. The lowest BCUT2D eigenvalue weighted by molar-refractivity contribution is 0.0608. The van der Waals surface area contributed by atoms with Crippen LogP contribution in [0.25, 0.3) is 0 Å². The Bertz CT molecular complexity index is 700. The van der Waals surface area contributed by atoms with Crippen LogP contribution in [0.4, 0.5) is 0 Å². The number of piperazine rings is 1. The number of benzene rings is 1. The molecule has 23 heavy (non-hydrogen) atoms. The fourth-order valence-electron chi connectivity index (χ4n) is 2.73. The van der Waals surface area contributed by atoms with Crippen molar-refractivity contribution in [2.45, 2.75) is 6.04 Å². The number of rotatable bonds is 3. The topological polar surface area (TPSA) is 47.3 Å². The Hall–Kier alpha value is -1.68. The summed E-state index contributed by atoms with van der Waals surface area (Å²) in [6, 6.07) is 13.6. The summed E-state index contributed by atoms with van der Waals surface area (Å²) in [5, 5.41) is 11.5. The highest BCUT2D eigenvalue weighted by Crippen LogP contribution is 2.25. The Balaban J connectivity index is 1.63. The quantitative estimate of drug-likeness (QED) is 0.806. The molecule has 1 fully saturated rings. The van der Waals surface area contributed by atoms with Crippen LogP contribution in [0.3, 0.4) is 0 Å². The van der Waals surface area contributed by atoms with Gasteiger partial charge in [-0.15, -0.1) is 11.3 Å². The van der Waals surface area contributed by atoms with Crippen LogP contribution < -0.4 is 0 Å². The normalized spacial score (nSPS) is 16.8. The van der Waals surface area contributed by atoms with Crippen LogP contribution >= 0.6 is 27.3 Å². The summed E-state index contributed by atoms with van der Waals surface area (Å²) in [5.74, 6) is 0.0572. The zero-order valence-electron chi connectivity index (χ0n) is 12.5. The fourth-order valence-corrected chi connectivity index (χ4v) is 3.80. The van der Waals surface area contributed by atoms with E-state index in [-0.39, 0.29) is 11.9 Å². The summed E-state index contributed by atoms with van der Waals surface area (Å²) in [4.78, 5) is 17.6. The highest BCUT2D eigenvalue weighted by atomic mass is 79.9. The van der Waals surface area contributed by atoms with Crippen molar-refractivity contribution in [3.63, 3.8) is 0 Å². The van der Waals surface area contributed by atoms with Gasteiger partial charge >= 0.3 is 0 Å². The van der Waals surface area contributed by atoms with E-state index < -0.39 is 0 Å². The number of carbonyl (C=O) groups is 1. The summed E-state index contributed by atoms with van der Waals surface area (Å²) in [6.07, 6.45) is 0. The van der Waals surface area contributed by atoms with Gasteiger partial charge < -0.3 is 4.90 Å². The smallest absolute Gasteiger partial charge is 0.253 e. The van der Waals surface area contributed by atoms with Crippen LogP contribution in [0.2, 0.25) is 0 Å². The lowest BCUT2D eigenvalue weighted by atomic mass is 10.1. The Labute approximate surface area is 148 Å². The van der Waals surface area contributed by atoms with E-state index >= 15 is 0 Å². The van der Waals surface area contributed by atoms with Crippen molar-refractivity contribution in [3.8, 4) is 6.07 Å². The molecule has 0 radical (unpaired) electrons. The maximum atomic E-state index is 12.5. The average molecular weight is 390 g/mol. The van der Waals surface area contributed by atoms with Crippen LogP contribution in [-0.2, 0) is 0 Å². The van der Waals surface area contributed by atoms with Crippen LogP contribution in [-0.4, -0.2) is 41.9 Å². The van der Waals surface area contributed by atoms with E-state index in [2.05, 4.69) is 26.9 Å². The van der Waals surface area contributed by atoms with Crippen LogP contribution in [0.15, 0.2) is 46.3 Å². The molecule has 1 unspecified atom stereocenters. The molecule has 118 valence electrons. The molecular formula is C17H16BrN3OS. The summed E-state index contributed by atoms with van der Waals surface area (Å²) in [7, 11) is 0. The van der Waals surface area contributed by atoms with Gasteiger partial charge in [0.05, 0.1) is 6.07 Å². The molecule has 1 saturated heterocycles. The summed E-state index contributed by atoms with van der Waals surface area (Å²) in [5.41, 5.74) is 0.705. The molecule has 2 heterocycles. The highest BCUT2D eigenvalue weighted by molar-refractivity contribution is 9.10. The predicted octanol–water partition coefficient (Wildman–Crippen LogP) is 3.53. The lowest BCUT2D eigenvalue weighted by Crippen LogP contribution is -2.49. The van der Waals surface area contributed by atoms with E-state index in [4.69, 9.17) is 0 Å². The first kappa shape index (κ1) is 16.2. The Morgan fingerprint density at radius 1 is 1.17 bits per heavy atom. The van der Waals surface area contributed by atoms with Gasteiger partial charge in [-0.05, 0) is 35.7 Å². The van der Waals surface area contributed by atoms with Gasteiger partial charge in [-0.1, -0.05) is 22.0 Å². The molecule has 0 aliphatic carbocycles. The van der Waals surface area contributed by atoms with Gasteiger partial charge in [-0.2, -0.15) is 5.26 Å². The van der Waals surface area contributed by atoms with Crippen molar-refractivity contribution >= 4 is 33.2 Å². The van der Waals surface area contributed by atoms with E-state index in [0.29, 0.717) is 18.7 Å². The van der Waals surface area contributed by atoms with E-state index in [0.717, 1.165) is 22.4 Å². The molecule has 6 heteroatoms. The Morgan fingerprint density at radius 2 is 1.87 bits per heavy atom. The molecule has 1 aliphatic rings. The minimum absolute atomic E-state index is 0.0572. The van der Waals surface area contributed by atoms with Crippen molar-refractivity contribution in [1.82, 2.24) is 9.80 Å². The van der Waals surface area contributed by atoms with Crippen molar-refractivity contribution in [2.75, 3.05) is 26.2 Å². The maximum Gasteiger partial charge on any atom is 0.253 e. The lowest BCUT2D eigenvalue weighted by Gasteiger charge is -2.36. The number of thiophene rings is 1. The second-order valence-electron chi connectivity index (χ2n) is 5.38. The summed E-state index contributed by atoms with van der Waals surface area (Å²) in [6.45, 7) is 2.74. The number of halogens is 1. The van der Waals surface area contributed by atoms with E-state index in [1.807, 2.05) is 46.7 Å². The first-order chi connectivity index (χ1) is 11.2. The third-order valence-corrected chi connectivity index (χ3v) is 5.45. The second-order valence-corrected chi connectivity index (χ2v) is 7.28. The van der Waals surface area contributed by atoms with Gasteiger partial charge in [-0.25, -0.2) is 0 Å². The molecule has 0 spiro atoms. The molecule has 1 aliphatic heterocycles. The first-order valence-electron chi connectivity index (χ1n) is 7.41. The number of hydrogen-bond donors (Lipinski definition) is 0. The number of amides is 1. The summed E-state index contributed by atoms with van der Waals surface area (Å²) >= 11 is 4.99. The van der Waals surface area contributed by atoms with Gasteiger partial charge in [-0.3, -0.25) is 9.69 Å². The SMILES string of the molecule is N#CC(c1cccs1)N1CCN(C(=O)c2ccc(Br)cc2)CC1. The van der Waals surface area contributed by atoms with Crippen LogP contribution in [0.5, 0.6) is 0 Å². The molecule has 1 atom stereocenters. The molecule has 3 rings (SSSR count). The number of carbonyl (C=O) groups excluding carboxylic acids is 1. The number of nitrogens with zero attached hydrogens (tertiary/aromatic N) is 3. The molecule has 1 aromatic heterocycles. The Kier molecular flexibility index (Phi) is 5.11. The van der Waals surface area contributed by atoms with E-state index in [9.17, 15) is 10.1 Å². The largest absolute Gasteiger partial charge is 0.336 e. The first-order valence-corrected chi connectivity index (χ1v) is 9.08. The standard InChI is InChI=1S/C17H16BrN3OS/c18-14-5-3-13(4-6-14)17(22)21-9-7-20(8-10-21)15(12-19)16-2-1-11-23-16/h1-6,11,15H,7-10H2. The molecule has 0 saturated carbocycles. The van der Waals surface area contributed by atoms with Crippen molar-refractivity contribution in [1.29, 1.82) is 5.26 Å². The van der Waals surface area contributed by atoms with Gasteiger partial charge in [0.15, 0.2) is 0 Å². The summed E-state index contributed by atoms with van der Waals surface area (Å²) < 4.78 is 0.965. The molecule has 1 aromatic carbocycles. The molecule has 4 nitrogen and oxygen atoms in total. The predicted molar refractivity (Wildman–Crippen MR) is 94.3 cm³/mol. The van der Waals surface area contributed by atoms with E-state index in [1.165, 1.54) is 0 Å².